The van der Waals surface area contributed by atoms with Crippen LogP contribution in [-0.2, 0) is 6.18 Å². The molecule has 8 heteroatoms. The van der Waals surface area contributed by atoms with Crippen molar-refractivity contribution in [2.24, 2.45) is 5.10 Å². The van der Waals surface area contributed by atoms with Crippen LogP contribution in [0, 0.1) is 6.92 Å². The van der Waals surface area contributed by atoms with Gasteiger partial charge in [0.1, 0.15) is 0 Å². The summed E-state index contributed by atoms with van der Waals surface area (Å²) in [7, 11) is 0. The first-order valence-electron chi connectivity index (χ1n) is 5.49. The molecule has 20 heavy (non-hydrogen) atoms. The van der Waals surface area contributed by atoms with Crippen LogP contribution in [0.25, 0.3) is 0 Å². The molecule has 1 aromatic carbocycles. The van der Waals surface area contributed by atoms with Crippen molar-refractivity contribution in [1.82, 2.24) is 9.66 Å². The first-order valence-corrected chi connectivity index (χ1v) is 5.87. The number of hydrogen-bond donors (Lipinski definition) is 1. The van der Waals surface area contributed by atoms with E-state index in [0.29, 0.717) is 5.69 Å². The van der Waals surface area contributed by atoms with E-state index in [-0.39, 0.29) is 16.5 Å². The molecule has 0 fully saturated rings. The van der Waals surface area contributed by atoms with E-state index in [4.69, 9.17) is 17.3 Å². The van der Waals surface area contributed by atoms with Crippen molar-refractivity contribution in [3.63, 3.8) is 0 Å². The fourth-order valence-electron chi connectivity index (χ4n) is 1.58. The van der Waals surface area contributed by atoms with Crippen molar-refractivity contribution in [3.8, 4) is 0 Å². The van der Waals surface area contributed by atoms with Gasteiger partial charge in [-0.15, -0.1) is 0 Å². The molecule has 1 heterocycles. The number of rotatable bonds is 2. The first-order chi connectivity index (χ1) is 9.25. The van der Waals surface area contributed by atoms with Crippen LogP contribution in [0.5, 0.6) is 0 Å². The zero-order valence-electron chi connectivity index (χ0n) is 10.3. The van der Waals surface area contributed by atoms with Gasteiger partial charge in [0.25, 0.3) is 0 Å². The van der Waals surface area contributed by atoms with Gasteiger partial charge >= 0.3 is 6.18 Å². The van der Waals surface area contributed by atoms with E-state index < -0.39 is 11.7 Å². The van der Waals surface area contributed by atoms with E-state index in [1.165, 1.54) is 17.0 Å². The molecule has 0 bridgehead atoms. The third-order valence-electron chi connectivity index (χ3n) is 2.41. The van der Waals surface area contributed by atoms with Crippen molar-refractivity contribution < 1.29 is 13.2 Å². The van der Waals surface area contributed by atoms with Gasteiger partial charge in [0.15, 0.2) is 0 Å². The van der Waals surface area contributed by atoms with Gasteiger partial charge in [0.05, 0.1) is 23.7 Å². The van der Waals surface area contributed by atoms with Crippen molar-refractivity contribution in [1.29, 1.82) is 0 Å². The highest BCUT2D eigenvalue weighted by Gasteiger charge is 2.30. The van der Waals surface area contributed by atoms with E-state index in [9.17, 15) is 13.2 Å². The minimum absolute atomic E-state index is 0.0175. The maximum Gasteiger partial charge on any atom is 0.416 e. The Labute approximate surface area is 117 Å². The van der Waals surface area contributed by atoms with E-state index in [0.717, 1.165) is 12.1 Å². The second-order valence-electron chi connectivity index (χ2n) is 4.10. The number of benzene rings is 1. The Hall–Kier alpha value is -2.02. The molecule has 0 radical (unpaired) electrons. The number of aryl methyl sites for hydroxylation is 1. The summed E-state index contributed by atoms with van der Waals surface area (Å²) in [4.78, 5) is 3.92. The van der Waals surface area contributed by atoms with E-state index in [1.807, 2.05) is 0 Å². The van der Waals surface area contributed by atoms with Gasteiger partial charge in [0.2, 0.25) is 5.95 Å². The molecule has 0 aliphatic heterocycles. The predicted octanol–water partition coefficient (Wildman–Crippen LogP) is 3.33. The molecular formula is C12H10ClF3N4. The third-order valence-corrected chi connectivity index (χ3v) is 2.63. The molecule has 0 spiro atoms. The Balaban J connectivity index is 2.34. The molecule has 0 aliphatic carbocycles. The summed E-state index contributed by atoms with van der Waals surface area (Å²) in [6.45, 7) is 1.73. The van der Waals surface area contributed by atoms with Gasteiger partial charge < -0.3 is 5.73 Å². The highest BCUT2D eigenvalue weighted by atomic mass is 35.5. The third kappa shape index (κ3) is 3.30. The predicted molar refractivity (Wildman–Crippen MR) is 70.8 cm³/mol. The largest absolute Gasteiger partial charge is 0.416 e. The fraction of sp³-hybridized carbons (Fsp3) is 0.167. The summed E-state index contributed by atoms with van der Waals surface area (Å²) in [6, 6.07) is 3.18. The SMILES string of the molecule is Cc1cn(N=Cc2cc(Cl)cc(C(F)(F)F)c2)c(N)n1. The summed E-state index contributed by atoms with van der Waals surface area (Å²) in [5.41, 5.74) is 5.61. The maximum absolute atomic E-state index is 12.6. The van der Waals surface area contributed by atoms with E-state index in [2.05, 4.69) is 10.1 Å². The van der Waals surface area contributed by atoms with Gasteiger partial charge in [-0.25, -0.2) is 9.66 Å². The lowest BCUT2D eigenvalue weighted by molar-refractivity contribution is -0.137. The van der Waals surface area contributed by atoms with E-state index in [1.54, 1.807) is 13.1 Å². The van der Waals surface area contributed by atoms with E-state index >= 15 is 0 Å². The number of nitrogens with zero attached hydrogens (tertiary/aromatic N) is 3. The van der Waals surface area contributed by atoms with Crippen LogP contribution in [0.4, 0.5) is 19.1 Å². The molecule has 2 rings (SSSR count). The molecular weight excluding hydrogens is 293 g/mol. The lowest BCUT2D eigenvalue weighted by Gasteiger charge is -2.07. The number of hydrogen-bond acceptors (Lipinski definition) is 3. The number of nitrogens with two attached hydrogens (primary N) is 1. The topological polar surface area (TPSA) is 56.2 Å². The minimum Gasteiger partial charge on any atom is -0.368 e. The van der Waals surface area contributed by atoms with Crippen LogP contribution < -0.4 is 5.73 Å². The number of alkyl halides is 3. The van der Waals surface area contributed by atoms with Crippen LogP contribution in [0.1, 0.15) is 16.8 Å². The van der Waals surface area contributed by atoms with Gasteiger partial charge in [-0.05, 0) is 30.7 Å². The van der Waals surface area contributed by atoms with Crippen molar-refractivity contribution in [2.75, 3.05) is 5.73 Å². The normalized spacial score (nSPS) is 12.2. The Morgan fingerprint density at radius 2 is 2.05 bits per heavy atom. The smallest absolute Gasteiger partial charge is 0.368 e. The second kappa shape index (κ2) is 5.16. The van der Waals surface area contributed by atoms with Gasteiger partial charge in [-0.2, -0.15) is 18.3 Å². The maximum atomic E-state index is 12.6. The number of aromatic nitrogens is 2. The summed E-state index contributed by atoms with van der Waals surface area (Å²) < 4.78 is 39.2. The molecule has 0 unspecified atom stereocenters. The average molecular weight is 303 g/mol. The zero-order valence-corrected chi connectivity index (χ0v) is 11.1. The first kappa shape index (κ1) is 14.4. The molecule has 1 aromatic heterocycles. The Kier molecular flexibility index (Phi) is 3.71. The highest BCUT2D eigenvalue weighted by molar-refractivity contribution is 6.30. The molecule has 0 saturated carbocycles. The number of halogens is 4. The van der Waals surface area contributed by atoms with Gasteiger partial charge in [-0.1, -0.05) is 11.6 Å². The average Bonchev–Trinajstić information content (AvgIpc) is 2.63. The second-order valence-corrected chi connectivity index (χ2v) is 4.54. The number of anilines is 1. The fourth-order valence-corrected chi connectivity index (χ4v) is 1.82. The Morgan fingerprint density at radius 3 is 2.60 bits per heavy atom. The standard InChI is InChI=1S/C12H10ClF3N4/c1-7-6-20(11(17)19-7)18-5-8-2-9(12(14,15)16)4-10(13)3-8/h2-6H,1H3,(H2,17,19). The van der Waals surface area contributed by atoms with Gasteiger partial charge in [0, 0.05) is 5.02 Å². The Bertz CT molecular complexity index is 661. The Morgan fingerprint density at radius 1 is 1.35 bits per heavy atom. The van der Waals surface area contributed by atoms with Crippen LogP contribution in [0.3, 0.4) is 0 Å². The quantitative estimate of drug-likeness (QED) is 0.865. The molecule has 2 N–H and O–H groups in total. The molecule has 2 aromatic rings. The van der Waals surface area contributed by atoms with Crippen LogP contribution in [0.2, 0.25) is 5.02 Å². The minimum atomic E-state index is -4.46. The molecule has 0 saturated heterocycles. The lowest BCUT2D eigenvalue weighted by Crippen LogP contribution is -2.05. The molecule has 0 aliphatic rings. The number of nitrogen functional groups attached to an aromatic ring is 1. The summed E-state index contributed by atoms with van der Waals surface area (Å²) in [6.07, 6.45) is -1.67. The summed E-state index contributed by atoms with van der Waals surface area (Å²) >= 11 is 5.67. The van der Waals surface area contributed by atoms with Crippen LogP contribution in [0.15, 0.2) is 29.5 Å². The molecule has 0 amide bonds. The lowest BCUT2D eigenvalue weighted by atomic mass is 10.1. The number of imidazole rings is 1. The van der Waals surface area contributed by atoms with Crippen LogP contribution >= 0.6 is 11.6 Å². The zero-order chi connectivity index (χ0) is 14.9. The summed E-state index contributed by atoms with van der Waals surface area (Å²) in [5.74, 6) is 0.150. The molecule has 4 nitrogen and oxygen atoms in total. The highest BCUT2D eigenvalue weighted by Crippen LogP contribution is 2.31. The van der Waals surface area contributed by atoms with Gasteiger partial charge in [-0.3, -0.25) is 0 Å². The molecule has 106 valence electrons. The van der Waals surface area contributed by atoms with Crippen molar-refractivity contribution >= 4 is 23.8 Å². The molecule has 0 atom stereocenters. The van der Waals surface area contributed by atoms with Crippen LogP contribution in [-0.4, -0.2) is 15.9 Å². The summed E-state index contributed by atoms with van der Waals surface area (Å²) in [5, 5.41) is 3.92. The van der Waals surface area contributed by atoms with Crippen molar-refractivity contribution in [3.05, 3.63) is 46.2 Å². The monoisotopic (exact) mass is 302 g/mol. The van der Waals surface area contributed by atoms with Crippen molar-refractivity contribution in [2.45, 2.75) is 13.1 Å².